The highest BCUT2D eigenvalue weighted by Gasteiger charge is 2.37. The van der Waals surface area contributed by atoms with Gasteiger partial charge in [-0.3, -0.25) is 0 Å². The molecule has 1 aliphatic heterocycles. The molecule has 110 valence electrons. The van der Waals surface area contributed by atoms with Crippen molar-refractivity contribution in [3.8, 4) is 0 Å². The monoisotopic (exact) mass is 306 g/mol. The van der Waals surface area contributed by atoms with Crippen LogP contribution in [0.4, 0.5) is 0 Å². The summed E-state index contributed by atoms with van der Waals surface area (Å²) in [6, 6.07) is 0. The van der Waals surface area contributed by atoms with Crippen LogP contribution in [0.15, 0.2) is 16.8 Å². The van der Waals surface area contributed by atoms with E-state index < -0.39 is 6.72 Å². The molecule has 1 atom stereocenters. The van der Waals surface area contributed by atoms with E-state index in [1.54, 1.807) is 6.08 Å². The molecule has 1 unspecified atom stereocenters. The predicted octanol–water partition coefficient (Wildman–Crippen LogP) is 2.76. The Bertz CT molecular complexity index is 433. The van der Waals surface area contributed by atoms with Crippen LogP contribution in [0.2, 0.25) is 0 Å². The summed E-state index contributed by atoms with van der Waals surface area (Å²) in [5.41, 5.74) is 0.633. The van der Waals surface area contributed by atoms with Crippen LogP contribution >= 0.6 is 6.72 Å². The van der Waals surface area contributed by atoms with Gasteiger partial charge in [-0.2, -0.15) is 0 Å². The molecule has 0 aromatic carbocycles. The van der Waals surface area contributed by atoms with E-state index >= 15 is 0 Å². The van der Waals surface area contributed by atoms with E-state index in [2.05, 4.69) is 42.5 Å². The van der Waals surface area contributed by atoms with E-state index in [0.717, 1.165) is 31.5 Å². The first-order valence-corrected chi connectivity index (χ1v) is 9.21. The topological polar surface area (TPSA) is 65.3 Å². The molecule has 1 heterocycles. The minimum absolute atomic E-state index is 0.228. The summed E-state index contributed by atoms with van der Waals surface area (Å²) in [4.78, 5) is 25.4. The van der Waals surface area contributed by atoms with Crippen LogP contribution in [0.1, 0.15) is 47.0 Å². The lowest BCUT2D eigenvalue weighted by Gasteiger charge is -2.44. The molecule has 0 saturated carbocycles. The number of aliphatic imine (C=N–C) groups is 1. The van der Waals surface area contributed by atoms with Crippen LogP contribution in [0.5, 0.6) is 0 Å². The number of hydrogen-bond donors (Lipinski definition) is 2. The first-order valence-electron chi connectivity index (χ1n) is 6.59. The third-order valence-corrected chi connectivity index (χ3v) is 3.97. The molecule has 0 radical (unpaired) electrons. The number of allylic oxidation sites excluding steroid dienone is 1. The summed E-state index contributed by atoms with van der Waals surface area (Å²) in [7, 11) is 0. The SMILES string of the molecule is CCCC1(CC)N=C(OP(O)(O)=S)C=C(C)N1CC. The van der Waals surface area contributed by atoms with E-state index in [4.69, 9.17) is 4.52 Å². The molecule has 1 aliphatic rings. The quantitative estimate of drug-likeness (QED) is 0.765. The van der Waals surface area contributed by atoms with Gasteiger partial charge in [0.25, 0.3) is 0 Å². The van der Waals surface area contributed by atoms with Crippen molar-refractivity contribution in [2.24, 2.45) is 4.99 Å². The molecular formula is C12H23N2O3PS. The maximum atomic E-state index is 9.29. The molecule has 7 heteroatoms. The lowest BCUT2D eigenvalue weighted by Crippen LogP contribution is -2.48. The molecule has 0 amide bonds. The lowest BCUT2D eigenvalue weighted by atomic mass is 9.97. The Kier molecular flexibility index (Phi) is 5.56. The van der Waals surface area contributed by atoms with Gasteiger partial charge in [0.05, 0.1) is 0 Å². The summed E-state index contributed by atoms with van der Waals surface area (Å²) >= 11 is 4.51. The van der Waals surface area contributed by atoms with Crippen molar-refractivity contribution in [3.63, 3.8) is 0 Å². The highest BCUT2D eigenvalue weighted by atomic mass is 32.5. The number of hydrogen-bond acceptors (Lipinski definition) is 4. The molecule has 0 aromatic rings. The van der Waals surface area contributed by atoms with Crippen LogP contribution in [-0.2, 0) is 16.3 Å². The summed E-state index contributed by atoms with van der Waals surface area (Å²) in [5, 5.41) is 0. The zero-order valence-corrected chi connectivity index (χ0v) is 13.7. The second-order valence-electron chi connectivity index (χ2n) is 4.65. The van der Waals surface area contributed by atoms with Crippen molar-refractivity contribution in [1.29, 1.82) is 0 Å². The van der Waals surface area contributed by atoms with Crippen molar-refractivity contribution in [1.82, 2.24) is 4.90 Å². The predicted molar refractivity (Wildman–Crippen MR) is 81.3 cm³/mol. The van der Waals surface area contributed by atoms with Gasteiger partial charge in [0.2, 0.25) is 5.90 Å². The lowest BCUT2D eigenvalue weighted by molar-refractivity contribution is 0.119. The molecule has 5 nitrogen and oxygen atoms in total. The number of nitrogens with zero attached hydrogens (tertiary/aromatic N) is 2. The maximum Gasteiger partial charge on any atom is 0.376 e. The highest BCUT2D eigenvalue weighted by molar-refractivity contribution is 8.06. The molecule has 1 rings (SSSR count). The first kappa shape index (κ1) is 16.6. The Labute approximate surface area is 120 Å². The van der Waals surface area contributed by atoms with Gasteiger partial charge in [0, 0.05) is 30.1 Å². The summed E-state index contributed by atoms with van der Waals surface area (Å²) in [6.45, 7) is 5.35. The summed E-state index contributed by atoms with van der Waals surface area (Å²) < 4.78 is 5.03. The van der Waals surface area contributed by atoms with Crippen molar-refractivity contribution >= 4 is 24.4 Å². The van der Waals surface area contributed by atoms with Crippen LogP contribution in [-0.4, -0.2) is 32.8 Å². The van der Waals surface area contributed by atoms with Crippen molar-refractivity contribution in [3.05, 3.63) is 11.8 Å². The zero-order valence-electron chi connectivity index (χ0n) is 12.0. The fourth-order valence-electron chi connectivity index (χ4n) is 2.63. The molecule has 0 saturated heterocycles. The van der Waals surface area contributed by atoms with Crippen molar-refractivity contribution < 1.29 is 14.3 Å². The average molecular weight is 306 g/mol. The van der Waals surface area contributed by atoms with Gasteiger partial charge in [-0.1, -0.05) is 20.3 Å². The maximum absolute atomic E-state index is 9.29. The summed E-state index contributed by atoms with van der Waals surface area (Å²) in [5.74, 6) is 0.228. The van der Waals surface area contributed by atoms with Gasteiger partial charge in [0.15, 0.2) is 0 Å². The Morgan fingerprint density at radius 2 is 2.05 bits per heavy atom. The van der Waals surface area contributed by atoms with Gasteiger partial charge in [0.1, 0.15) is 5.66 Å². The largest absolute Gasteiger partial charge is 0.406 e. The van der Waals surface area contributed by atoms with Crippen LogP contribution in [0.3, 0.4) is 0 Å². The molecular weight excluding hydrogens is 283 g/mol. The van der Waals surface area contributed by atoms with Crippen molar-refractivity contribution in [2.75, 3.05) is 6.54 Å². The smallest absolute Gasteiger partial charge is 0.376 e. The van der Waals surface area contributed by atoms with E-state index in [9.17, 15) is 9.79 Å². The van der Waals surface area contributed by atoms with Gasteiger partial charge in [-0.15, -0.1) is 0 Å². The van der Waals surface area contributed by atoms with Crippen molar-refractivity contribution in [2.45, 2.75) is 52.6 Å². The minimum atomic E-state index is -3.74. The molecule has 0 aromatic heterocycles. The molecule has 0 bridgehead atoms. The highest BCUT2D eigenvalue weighted by Crippen LogP contribution is 2.40. The second kappa shape index (κ2) is 6.35. The fraction of sp³-hybridized carbons (Fsp3) is 0.750. The molecule has 0 spiro atoms. The first-order chi connectivity index (χ1) is 8.78. The Morgan fingerprint density at radius 1 is 1.42 bits per heavy atom. The van der Waals surface area contributed by atoms with E-state index in [0.29, 0.717) is 0 Å². The second-order valence-corrected chi connectivity index (χ2v) is 7.24. The normalized spacial score (nSPS) is 24.0. The molecule has 0 fully saturated rings. The molecule has 0 aliphatic carbocycles. The van der Waals surface area contributed by atoms with E-state index in [1.165, 1.54) is 0 Å². The molecule has 19 heavy (non-hydrogen) atoms. The van der Waals surface area contributed by atoms with Gasteiger partial charge in [-0.05, 0) is 26.7 Å². The fourth-order valence-corrected chi connectivity index (χ4v) is 3.20. The minimum Gasteiger partial charge on any atom is -0.406 e. The summed E-state index contributed by atoms with van der Waals surface area (Å²) in [6.07, 6.45) is 4.41. The van der Waals surface area contributed by atoms with Gasteiger partial charge in [-0.25, -0.2) is 4.99 Å². The van der Waals surface area contributed by atoms with Crippen LogP contribution in [0, 0.1) is 0 Å². The Hall–Kier alpha value is -0.420. The molecule has 2 N–H and O–H groups in total. The average Bonchev–Trinajstić information content (AvgIpc) is 2.26. The van der Waals surface area contributed by atoms with Crippen LogP contribution < -0.4 is 0 Å². The zero-order chi connectivity index (χ0) is 14.7. The van der Waals surface area contributed by atoms with E-state index in [1.807, 2.05) is 6.92 Å². The number of rotatable bonds is 5. The van der Waals surface area contributed by atoms with Gasteiger partial charge >= 0.3 is 6.72 Å². The Morgan fingerprint density at radius 3 is 2.47 bits per heavy atom. The van der Waals surface area contributed by atoms with Crippen LogP contribution in [0.25, 0.3) is 0 Å². The van der Waals surface area contributed by atoms with Gasteiger partial charge < -0.3 is 19.2 Å². The third-order valence-electron chi connectivity index (χ3n) is 3.32. The standard InChI is InChI=1S/C12H23N2O3PS/c1-5-8-12(6-2)13-11(17-18(15,16)19)9-10(4)14(12)7-3/h9H,5-8H2,1-4H3,(H2,15,16,19). The Balaban J connectivity index is 3.17. The van der Waals surface area contributed by atoms with E-state index in [-0.39, 0.29) is 11.6 Å². The third kappa shape index (κ3) is 4.02.